The monoisotopic (exact) mass is 313 g/mol. The van der Waals surface area contributed by atoms with Crippen LogP contribution in [0.25, 0.3) is 5.57 Å². The summed E-state index contributed by atoms with van der Waals surface area (Å²) in [4.78, 5) is 25.5. The molecule has 0 radical (unpaired) electrons. The molecule has 0 fully saturated rings. The molecule has 116 valence electrons. The second kappa shape index (κ2) is 5.57. The molecule has 6 heteroatoms. The number of aliphatic hydroxyl groups excluding tert-OH is 1. The van der Waals surface area contributed by atoms with Gasteiger partial charge in [0, 0.05) is 0 Å². The molecule has 0 saturated heterocycles. The molecule has 0 unspecified atom stereocenters. The highest BCUT2D eigenvalue weighted by atomic mass is 19.1. The molecule has 0 aliphatic carbocycles. The summed E-state index contributed by atoms with van der Waals surface area (Å²) in [6.45, 7) is 0. The van der Waals surface area contributed by atoms with Gasteiger partial charge < -0.3 is 9.84 Å². The first-order valence-electron chi connectivity index (χ1n) is 6.75. The van der Waals surface area contributed by atoms with Gasteiger partial charge in [-0.25, -0.2) is 9.29 Å². The van der Waals surface area contributed by atoms with E-state index in [1.165, 1.54) is 25.3 Å². The van der Waals surface area contributed by atoms with Gasteiger partial charge in [0.15, 0.2) is 5.76 Å². The molecule has 2 amide bonds. The van der Waals surface area contributed by atoms with Gasteiger partial charge in [-0.2, -0.15) is 0 Å². The number of imide groups is 1. The summed E-state index contributed by atoms with van der Waals surface area (Å²) in [5.41, 5.74) is 0.317. The van der Waals surface area contributed by atoms with Gasteiger partial charge in [0.2, 0.25) is 0 Å². The van der Waals surface area contributed by atoms with Gasteiger partial charge >= 0.3 is 5.91 Å². The number of benzene rings is 2. The molecule has 0 aromatic heterocycles. The first kappa shape index (κ1) is 14.8. The number of hydrogen-bond donors (Lipinski definition) is 1. The third-order valence-corrected chi connectivity index (χ3v) is 3.50. The fraction of sp³-hybridized carbons (Fsp3) is 0.0588. The van der Waals surface area contributed by atoms with Crippen molar-refractivity contribution in [1.29, 1.82) is 0 Å². The highest BCUT2D eigenvalue weighted by Gasteiger charge is 2.40. The molecule has 3 rings (SSSR count). The average Bonchev–Trinajstić information content (AvgIpc) is 2.77. The van der Waals surface area contributed by atoms with Crippen LogP contribution in [0.2, 0.25) is 0 Å². The largest absolute Gasteiger partial charge is 0.502 e. The van der Waals surface area contributed by atoms with E-state index in [-0.39, 0.29) is 11.3 Å². The Morgan fingerprint density at radius 3 is 2.35 bits per heavy atom. The average molecular weight is 313 g/mol. The van der Waals surface area contributed by atoms with Crippen LogP contribution in [0, 0.1) is 5.82 Å². The van der Waals surface area contributed by atoms with E-state index in [0.717, 1.165) is 11.0 Å². The minimum atomic E-state index is -0.883. The predicted molar refractivity (Wildman–Crippen MR) is 81.4 cm³/mol. The molecule has 0 atom stereocenters. The lowest BCUT2D eigenvalue weighted by molar-refractivity contribution is -0.121. The third-order valence-electron chi connectivity index (χ3n) is 3.50. The van der Waals surface area contributed by atoms with Crippen molar-refractivity contribution in [2.24, 2.45) is 0 Å². The van der Waals surface area contributed by atoms with E-state index >= 15 is 0 Å². The topological polar surface area (TPSA) is 66.8 Å². The van der Waals surface area contributed by atoms with Gasteiger partial charge in [-0.05, 0) is 35.9 Å². The highest BCUT2D eigenvalue weighted by molar-refractivity contribution is 6.44. The molecule has 1 heterocycles. The van der Waals surface area contributed by atoms with Crippen LogP contribution in [-0.2, 0) is 9.59 Å². The lowest BCUT2D eigenvalue weighted by atomic mass is 10.1. The molecular weight excluding hydrogens is 301 g/mol. The summed E-state index contributed by atoms with van der Waals surface area (Å²) in [5, 5.41) is 10.1. The van der Waals surface area contributed by atoms with Crippen LogP contribution >= 0.6 is 0 Å². The SMILES string of the molecule is COc1ccc(C2=C(O)C(=O)N(c3cccc(F)c3)C2=O)cc1. The van der Waals surface area contributed by atoms with Crippen LogP contribution < -0.4 is 9.64 Å². The van der Waals surface area contributed by atoms with Crippen LogP contribution in [0.4, 0.5) is 10.1 Å². The van der Waals surface area contributed by atoms with Crippen LogP contribution in [0.5, 0.6) is 5.75 Å². The van der Waals surface area contributed by atoms with Crippen LogP contribution in [0.15, 0.2) is 54.3 Å². The molecular formula is C17H12FNO4. The Balaban J connectivity index is 2.02. The maximum absolute atomic E-state index is 13.3. The maximum atomic E-state index is 13.3. The molecule has 2 aromatic rings. The fourth-order valence-electron chi connectivity index (χ4n) is 2.39. The van der Waals surface area contributed by atoms with E-state index in [4.69, 9.17) is 4.74 Å². The first-order chi connectivity index (χ1) is 11.0. The van der Waals surface area contributed by atoms with Gasteiger partial charge in [-0.3, -0.25) is 9.59 Å². The molecule has 1 N–H and O–H groups in total. The van der Waals surface area contributed by atoms with Crippen LogP contribution in [0.3, 0.4) is 0 Å². The van der Waals surface area contributed by atoms with Gasteiger partial charge in [0.1, 0.15) is 11.6 Å². The van der Waals surface area contributed by atoms with Crippen molar-refractivity contribution >= 4 is 23.1 Å². The number of hydrogen-bond acceptors (Lipinski definition) is 4. The molecule has 5 nitrogen and oxygen atoms in total. The zero-order valence-corrected chi connectivity index (χ0v) is 12.1. The summed E-state index contributed by atoms with van der Waals surface area (Å²) in [7, 11) is 1.50. The van der Waals surface area contributed by atoms with Crippen molar-refractivity contribution in [3.63, 3.8) is 0 Å². The molecule has 0 spiro atoms. The second-order valence-electron chi connectivity index (χ2n) is 4.88. The molecule has 23 heavy (non-hydrogen) atoms. The summed E-state index contributed by atoms with van der Waals surface area (Å²) in [6.07, 6.45) is 0. The van der Waals surface area contributed by atoms with E-state index in [0.29, 0.717) is 11.3 Å². The minimum absolute atomic E-state index is 0.0649. The number of halogens is 1. The summed E-state index contributed by atoms with van der Waals surface area (Å²) in [5.74, 6) is -2.26. The molecule has 0 bridgehead atoms. The van der Waals surface area contributed by atoms with Crippen molar-refractivity contribution in [2.45, 2.75) is 0 Å². The quantitative estimate of drug-likeness (QED) is 0.885. The number of aliphatic hydroxyl groups is 1. The number of rotatable bonds is 3. The van der Waals surface area contributed by atoms with Crippen molar-refractivity contribution in [1.82, 2.24) is 0 Å². The normalized spacial score (nSPS) is 14.6. The molecule has 0 saturated carbocycles. The second-order valence-corrected chi connectivity index (χ2v) is 4.88. The minimum Gasteiger partial charge on any atom is -0.502 e. The first-order valence-corrected chi connectivity index (χ1v) is 6.75. The Morgan fingerprint density at radius 1 is 1.04 bits per heavy atom. The molecule has 1 aliphatic rings. The summed E-state index contributed by atoms with van der Waals surface area (Å²) < 4.78 is 18.4. The smallest absolute Gasteiger partial charge is 0.301 e. The number of nitrogens with zero attached hydrogens (tertiary/aromatic N) is 1. The van der Waals surface area contributed by atoms with Crippen LogP contribution in [0.1, 0.15) is 5.56 Å². The standard InChI is InChI=1S/C17H12FNO4/c1-23-13-7-5-10(6-8-13)14-15(20)17(22)19(16(14)21)12-4-2-3-11(18)9-12/h2-9,20H,1H3. The zero-order chi connectivity index (χ0) is 16.6. The maximum Gasteiger partial charge on any atom is 0.301 e. The van der Waals surface area contributed by atoms with E-state index < -0.39 is 23.4 Å². The van der Waals surface area contributed by atoms with E-state index in [9.17, 15) is 19.1 Å². The number of ether oxygens (including phenoxy) is 1. The Labute approximate surface area is 131 Å². The Hall–Kier alpha value is -3.15. The Morgan fingerprint density at radius 2 is 1.74 bits per heavy atom. The van der Waals surface area contributed by atoms with Gasteiger partial charge in [-0.1, -0.05) is 18.2 Å². The lowest BCUT2D eigenvalue weighted by Gasteiger charge is -2.14. The summed E-state index contributed by atoms with van der Waals surface area (Å²) in [6, 6.07) is 11.4. The zero-order valence-electron chi connectivity index (χ0n) is 12.1. The number of carbonyl (C=O) groups excluding carboxylic acids is 2. The number of methoxy groups -OCH3 is 1. The number of amides is 2. The fourth-order valence-corrected chi connectivity index (χ4v) is 2.39. The van der Waals surface area contributed by atoms with Crippen LogP contribution in [-0.4, -0.2) is 24.0 Å². The van der Waals surface area contributed by atoms with E-state index in [1.807, 2.05) is 0 Å². The molecule has 1 aliphatic heterocycles. The number of carbonyl (C=O) groups is 2. The van der Waals surface area contributed by atoms with Crippen molar-refractivity contribution in [3.8, 4) is 5.75 Å². The number of anilines is 1. The molecule has 2 aromatic carbocycles. The highest BCUT2D eigenvalue weighted by Crippen LogP contribution is 2.32. The van der Waals surface area contributed by atoms with E-state index in [2.05, 4.69) is 0 Å². The summed E-state index contributed by atoms with van der Waals surface area (Å²) >= 11 is 0. The van der Waals surface area contributed by atoms with E-state index in [1.54, 1.807) is 24.3 Å². The Kier molecular flexibility index (Phi) is 3.57. The van der Waals surface area contributed by atoms with Gasteiger partial charge in [0.05, 0.1) is 18.4 Å². The van der Waals surface area contributed by atoms with Gasteiger partial charge in [-0.15, -0.1) is 0 Å². The Bertz CT molecular complexity index is 827. The predicted octanol–water partition coefficient (Wildman–Crippen LogP) is 2.68. The lowest BCUT2D eigenvalue weighted by Crippen LogP contribution is -2.31. The van der Waals surface area contributed by atoms with Crippen molar-refractivity contribution < 1.29 is 23.8 Å². The van der Waals surface area contributed by atoms with Crippen molar-refractivity contribution in [2.75, 3.05) is 12.0 Å². The van der Waals surface area contributed by atoms with Gasteiger partial charge in [0.25, 0.3) is 5.91 Å². The van der Waals surface area contributed by atoms with Crippen molar-refractivity contribution in [3.05, 3.63) is 65.7 Å². The third kappa shape index (κ3) is 2.44.